The fourth-order valence-corrected chi connectivity index (χ4v) is 3.41. The highest BCUT2D eigenvalue weighted by Crippen LogP contribution is 2.33. The van der Waals surface area contributed by atoms with Crippen LogP contribution in [0.3, 0.4) is 0 Å². The lowest BCUT2D eigenvalue weighted by atomic mass is 10.2. The zero-order valence-corrected chi connectivity index (χ0v) is 18.0. The largest absolute Gasteiger partial charge is 0.457 e. The summed E-state index contributed by atoms with van der Waals surface area (Å²) in [7, 11) is 0. The molecule has 0 aliphatic rings. The number of hydrogen-bond donors (Lipinski definition) is 1. The maximum atomic E-state index is 12.2. The molecule has 0 saturated carbocycles. The molecule has 30 heavy (non-hydrogen) atoms. The third-order valence-electron chi connectivity index (χ3n) is 3.95. The fourth-order valence-electron chi connectivity index (χ4n) is 2.58. The lowest BCUT2D eigenvalue weighted by Gasteiger charge is -2.08. The number of rotatable bonds is 7. The van der Waals surface area contributed by atoms with Crippen LogP contribution in [0.4, 0.5) is 5.69 Å². The highest BCUT2D eigenvalue weighted by atomic mass is 79.9. The maximum Gasteiger partial charge on any atom is 0.277 e. The fraction of sp³-hybridized carbons (Fsp3) is 0.0455. The summed E-state index contributed by atoms with van der Waals surface area (Å²) >= 11 is 4.54. The third-order valence-corrected chi connectivity index (χ3v) is 5.30. The first-order valence-corrected chi connectivity index (χ1v) is 10.8. The predicted octanol–water partition coefficient (Wildman–Crippen LogP) is 6.02. The number of carbonyl (C=O) groups is 1. The average molecular weight is 482 g/mol. The molecule has 1 amide bonds. The topological polar surface area (TPSA) is 77.2 Å². The number of para-hydroxylation sites is 2. The summed E-state index contributed by atoms with van der Waals surface area (Å²) in [5.74, 6) is 1.65. The summed E-state index contributed by atoms with van der Waals surface area (Å²) in [6.45, 7) is 0. The van der Waals surface area contributed by atoms with Crippen molar-refractivity contribution in [1.82, 2.24) is 10.2 Å². The minimum absolute atomic E-state index is 0.153. The molecule has 150 valence electrons. The average Bonchev–Trinajstić information content (AvgIpc) is 3.24. The van der Waals surface area contributed by atoms with E-state index in [-0.39, 0.29) is 11.7 Å². The van der Waals surface area contributed by atoms with Crippen LogP contribution in [-0.4, -0.2) is 21.9 Å². The third kappa shape index (κ3) is 5.28. The van der Waals surface area contributed by atoms with Gasteiger partial charge >= 0.3 is 0 Å². The number of nitrogens with zero attached hydrogens (tertiary/aromatic N) is 2. The quantitative estimate of drug-likeness (QED) is 0.325. The molecule has 8 heteroatoms. The van der Waals surface area contributed by atoms with Gasteiger partial charge in [-0.15, -0.1) is 10.2 Å². The van der Waals surface area contributed by atoms with Gasteiger partial charge in [0.1, 0.15) is 11.5 Å². The molecule has 4 aromatic rings. The first-order valence-electron chi connectivity index (χ1n) is 9.01. The molecule has 0 aliphatic heterocycles. The van der Waals surface area contributed by atoms with Crippen molar-refractivity contribution in [1.29, 1.82) is 0 Å². The summed E-state index contributed by atoms with van der Waals surface area (Å²) < 4.78 is 12.6. The Balaban J connectivity index is 1.41. The van der Waals surface area contributed by atoms with Gasteiger partial charge in [-0.2, -0.15) is 0 Å². The Morgan fingerprint density at radius 3 is 2.50 bits per heavy atom. The molecule has 0 bridgehead atoms. The second kappa shape index (κ2) is 9.60. The number of anilines is 1. The van der Waals surface area contributed by atoms with E-state index in [4.69, 9.17) is 9.15 Å². The van der Waals surface area contributed by atoms with Crippen LogP contribution in [0.5, 0.6) is 11.5 Å². The second-order valence-electron chi connectivity index (χ2n) is 6.13. The van der Waals surface area contributed by atoms with E-state index < -0.39 is 0 Å². The number of aromatic nitrogens is 2. The van der Waals surface area contributed by atoms with E-state index in [1.54, 1.807) is 0 Å². The van der Waals surface area contributed by atoms with Crippen LogP contribution in [0, 0.1) is 0 Å². The Labute approximate surface area is 185 Å². The summed E-state index contributed by atoms with van der Waals surface area (Å²) in [5, 5.41) is 11.3. The van der Waals surface area contributed by atoms with Crippen molar-refractivity contribution in [3.8, 4) is 23.0 Å². The van der Waals surface area contributed by atoms with E-state index in [0.717, 1.165) is 10.2 Å². The van der Waals surface area contributed by atoms with Gasteiger partial charge < -0.3 is 14.5 Å². The molecule has 0 fully saturated rings. The summed E-state index contributed by atoms with van der Waals surface area (Å²) in [4.78, 5) is 12.2. The van der Waals surface area contributed by atoms with Crippen LogP contribution in [0.25, 0.3) is 11.5 Å². The van der Waals surface area contributed by atoms with Crippen molar-refractivity contribution in [3.05, 3.63) is 83.3 Å². The van der Waals surface area contributed by atoms with Gasteiger partial charge in [-0.25, -0.2) is 0 Å². The lowest BCUT2D eigenvalue weighted by Crippen LogP contribution is -2.13. The Morgan fingerprint density at radius 2 is 1.70 bits per heavy atom. The molecule has 3 aromatic carbocycles. The van der Waals surface area contributed by atoms with Crippen LogP contribution in [0.1, 0.15) is 0 Å². The van der Waals surface area contributed by atoms with Crippen LogP contribution in [-0.2, 0) is 4.79 Å². The molecule has 4 rings (SSSR count). The monoisotopic (exact) mass is 481 g/mol. The number of thioether (sulfide) groups is 1. The van der Waals surface area contributed by atoms with Gasteiger partial charge in [0.05, 0.1) is 11.3 Å². The summed E-state index contributed by atoms with van der Waals surface area (Å²) in [6.07, 6.45) is 0. The minimum atomic E-state index is -0.158. The Morgan fingerprint density at radius 1 is 0.967 bits per heavy atom. The van der Waals surface area contributed by atoms with Crippen molar-refractivity contribution < 1.29 is 13.9 Å². The first kappa shape index (κ1) is 20.2. The zero-order chi connectivity index (χ0) is 20.8. The summed E-state index contributed by atoms with van der Waals surface area (Å²) in [6, 6.07) is 24.3. The molecule has 0 spiro atoms. The smallest absolute Gasteiger partial charge is 0.277 e. The first-order chi connectivity index (χ1) is 14.7. The molecule has 1 heterocycles. The van der Waals surface area contributed by atoms with Gasteiger partial charge in [-0.3, -0.25) is 4.79 Å². The van der Waals surface area contributed by atoms with E-state index in [0.29, 0.717) is 28.2 Å². The molecule has 1 aromatic heterocycles. The van der Waals surface area contributed by atoms with Gasteiger partial charge in [-0.1, -0.05) is 58.0 Å². The number of carbonyl (C=O) groups excluding carboxylic acids is 1. The zero-order valence-electron chi connectivity index (χ0n) is 15.6. The predicted molar refractivity (Wildman–Crippen MR) is 120 cm³/mol. The van der Waals surface area contributed by atoms with E-state index in [9.17, 15) is 4.79 Å². The molecular weight excluding hydrogens is 466 g/mol. The normalized spacial score (nSPS) is 10.6. The number of ether oxygens (including phenoxy) is 1. The molecular formula is C22H16BrN3O3S. The number of halogens is 1. The number of amides is 1. The molecule has 0 aliphatic carbocycles. The Hall–Kier alpha value is -3.10. The molecule has 0 radical (unpaired) electrons. The second-order valence-corrected chi connectivity index (χ2v) is 7.97. The number of hydrogen-bond acceptors (Lipinski definition) is 6. The lowest BCUT2D eigenvalue weighted by molar-refractivity contribution is -0.113. The molecule has 1 N–H and O–H groups in total. The van der Waals surface area contributed by atoms with E-state index >= 15 is 0 Å². The molecule has 0 atom stereocenters. The van der Waals surface area contributed by atoms with Gasteiger partial charge in [0.15, 0.2) is 0 Å². The molecule has 0 saturated heterocycles. The van der Waals surface area contributed by atoms with Gasteiger partial charge in [-0.05, 0) is 48.5 Å². The summed E-state index contributed by atoms with van der Waals surface area (Å²) in [5.41, 5.74) is 1.40. The van der Waals surface area contributed by atoms with Crippen LogP contribution < -0.4 is 10.1 Å². The van der Waals surface area contributed by atoms with Crippen molar-refractivity contribution in [2.24, 2.45) is 0 Å². The van der Waals surface area contributed by atoms with E-state index in [1.165, 1.54) is 11.8 Å². The standard InChI is InChI=1S/C22H16BrN3O3S/c23-15-10-12-16(13-11-15)24-20(27)14-30-22-26-25-21(29-22)18-8-4-5-9-19(18)28-17-6-2-1-3-7-17/h1-13H,14H2,(H,24,27). The SMILES string of the molecule is O=C(CSc1nnc(-c2ccccc2Oc2ccccc2)o1)Nc1ccc(Br)cc1. The van der Waals surface area contributed by atoms with Crippen LogP contribution in [0.15, 0.2) is 93.0 Å². The number of benzene rings is 3. The van der Waals surface area contributed by atoms with Crippen LogP contribution >= 0.6 is 27.7 Å². The van der Waals surface area contributed by atoms with E-state index in [1.807, 2.05) is 78.9 Å². The minimum Gasteiger partial charge on any atom is -0.457 e. The van der Waals surface area contributed by atoms with Gasteiger partial charge in [0, 0.05) is 10.2 Å². The number of nitrogens with one attached hydrogen (secondary N) is 1. The van der Waals surface area contributed by atoms with Crippen LogP contribution in [0.2, 0.25) is 0 Å². The molecule has 6 nitrogen and oxygen atoms in total. The van der Waals surface area contributed by atoms with Gasteiger partial charge in [0.2, 0.25) is 5.91 Å². The highest BCUT2D eigenvalue weighted by Gasteiger charge is 2.15. The van der Waals surface area contributed by atoms with Crippen molar-refractivity contribution >= 4 is 39.3 Å². The molecule has 0 unspecified atom stereocenters. The van der Waals surface area contributed by atoms with Gasteiger partial charge in [0.25, 0.3) is 11.1 Å². The van der Waals surface area contributed by atoms with Crippen molar-refractivity contribution in [3.63, 3.8) is 0 Å². The van der Waals surface area contributed by atoms with E-state index in [2.05, 4.69) is 31.4 Å². The van der Waals surface area contributed by atoms with Crippen molar-refractivity contribution in [2.75, 3.05) is 11.1 Å². The van der Waals surface area contributed by atoms with Crippen molar-refractivity contribution in [2.45, 2.75) is 5.22 Å². The Kier molecular flexibility index (Phi) is 6.46. The maximum absolute atomic E-state index is 12.2. The highest BCUT2D eigenvalue weighted by molar-refractivity contribution is 9.10. The Bertz CT molecular complexity index is 1130.